The highest BCUT2D eigenvalue weighted by Crippen LogP contribution is 2.51. The van der Waals surface area contributed by atoms with Crippen molar-refractivity contribution in [3.8, 4) is 0 Å². The zero-order valence-electron chi connectivity index (χ0n) is 11.0. The number of unbranched alkanes of at least 4 members (excludes halogenated alkanes) is 2. The van der Waals surface area contributed by atoms with Crippen LogP contribution in [-0.2, 0) is 9.05 Å². The minimum absolute atomic E-state index is 0.136. The summed E-state index contributed by atoms with van der Waals surface area (Å²) < 4.78 is 11.7. The van der Waals surface area contributed by atoms with Crippen LogP contribution in [0.1, 0.15) is 60.3 Å². The first-order valence-corrected chi connectivity index (χ1v) is 7.26. The molecule has 0 atom stereocenters. The van der Waals surface area contributed by atoms with E-state index in [1.165, 1.54) is 12.8 Å². The average molecular weight is 234 g/mol. The molecule has 3 heteroatoms. The first-order valence-electron chi connectivity index (χ1n) is 6.08. The molecule has 0 amide bonds. The van der Waals surface area contributed by atoms with E-state index in [9.17, 15) is 0 Å². The first-order chi connectivity index (χ1) is 7.02. The van der Waals surface area contributed by atoms with E-state index in [1.807, 2.05) is 0 Å². The molecule has 0 aromatic carbocycles. The van der Waals surface area contributed by atoms with Gasteiger partial charge in [0.1, 0.15) is 0 Å². The van der Waals surface area contributed by atoms with E-state index < -0.39 is 8.38 Å². The van der Waals surface area contributed by atoms with Crippen molar-refractivity contribution in [3.63, 3.8) is 0 Å². The molecule has 0 aliphatic rings. The number of rotatable bonds is 8. The molecule has 15 heavy (non-hydrogen) atoms. The molecule has 0 saturated heterocycles. The van der Waals surface area contributed by atoms with Gasteiger partial charge in [0.15, 0.2) is 8.38 Å². The summed E-state index contributed by atoms with van der Waals surface area (Å²) in [6.45, 7) is 12.6. The first kappa shape index (κ1) is 15.3. The quantitative estimate of drug-likeness (QED) is 0.446. The Morgan fingerprint density at radius 1 is 0.867 bits per heavy atom. The second-order valence-electron chi connectivity index (χ2n) is 4.80. The van der Waals surface area contributed by atoms with Gasteiger partial charge in [0, 0.05) is 5.16 Å². The zero-order chi connectivity index (χ0) is 11.7. The standard InChI is InChI=1S/C12H27O2P/c1-6-8-10-13-15(12(3,4)5)14-11-9-7-2/h6-11H2,1-5H3. The van der Waals surface area contributed by atoms with E-state index in [-0.39, 0.29) is 5.16 Å². The molecule has 0 aromatic heterocycles. The van der Waals surface area contributed by atoms with Gasteiger partial charge in [-0.3, -0.25) is 0 Å². The molecular formula is C12H27O2P. The van der Waals surface area contributed by atoms with Crippen LogP contribution in [0.4, 0.5) is 0 Å². The number of hydrogen-bond acceptors (Lipinski definition) is 2. The largest absolute Gasteiger partial charge is 0.334 e. The zero-order valence-corrected chi connectivity index (χ0v) is 11.9. The highest BCUT2D eigenvalue weighted by atomic mass is 31.2. The maximum atomic E-state index is 5.84. The smallest absolute Gasteiger partial charge is 0.176 e. The van der Waals surface area contributed by atoms with Crippen LogP contribution in [0.15, 0.2) is 0 Å². The van der Waals surface area contributed by atoms with Crippen LogP contribution in [0, 0.1) is 0 Å². The number of hydrogen-bond donors (Lipinski definition) is 0. The van der Waals surface area contributed by atoms with Gasteiger partial charge in [0.25, 0.3) is 0 Å². The van der Waals surface area contributed by atoms with Crippen molar-refractivity contribution in [2.24, 2.45) is 0 Å². The monoisotopic (exact) mass is 234 g/mol. The molecule has 2 nitrogen and oxygen atoms in total. The fourth-order valence-electron chi connectivity index (χ4n) is 1.01. The highest BCUT2D eigenvalue weighted by molar-refractivity contribution is 7.49. The lowest BCUT2D eigenvalue weighted by Gasteiger charge is -2.29. The minimum atomic E-state index is -0.725. The van der Waals surface area contributed by atoms with Gasteiger partial charge >= 0.3 is 0 Å². The molecule has 0 fully saturated rings. The predicted octanol–water partition coefficient (Wildman–Crippen LogP) is 4.73. The van der Waals surface area contributed by atoms with Gasteiger partial charge in [-0.2, -0.15) is 0 Å². The second kappa shape index (κ2) is 8.50. The molecule has 0 aromatic rings. The van der Waals surface area contributed by atoms with Crippen molar-refractivity contribution in [1.29, 1.82) is 0 Å². The third kappa shape index (κ3) is 8.19. The molecule has 0 rings (SSSR count). The van der Waals surface area contributed by atoms with E-state index in [4.69, 9.17) is 9.05 Å². The Morgan fingerprint density at radius 2 is 1.27 bits per heavy atom. The Labute approximate surface area is 96.7 Å². The van der Waals surface area contributed by atoms with Crippen molar-refractivity contribution in [3.05, 3.63) is 0 Å². The molecule has 0 bridgehead atoms. The molecule has 0 N–H and O–H groups in total. The third-order valence-electron chi connectivity index (χ3n) is 1.96. The van der Waals surface area contributed by atoms with Crippen LogP contribution in [0.3, 0.4) is 0 Å². The lowest BCUT2D eigenvalue weighted by Crippen LogP contribution is -2.15. The maximum absolute atomic E-state index is 5.84. The lowest BCUT2D eigenvalue weighted by molar-refractivity contribution is 0.230. The van der Waals surface area contributed by atoms with Crippen LogP contribution in [0.2, 0.25) is 0 Å². The Bertz CT molecular complexity index is 133. The summed E-state index contributed by atoms with van der Waals surface area (Å²) in [6.07, 6.45) is 4.63. The second-order valence-corrected chi connectivity index (χ2v) is 7.17. The van der Waals surface area contributed by atoms with Gasteiger partial charge in [-0.25, -0.2) is 0 Å². The van der Waals surface area contributed by atoms with Gasteiger partial charge in [0.05, 0.1) is 13.2 Å². The van der Waals surface area contributed by atoms with E-state index in [2.05, 4.69) is 34.6 Å². The van der Waals surface area contributed by atoms with E-state index in [0.29, 0.717) is 0 Å². The molecule has 0 spiro atoms. The summed E-state index contributed by atoms with van der Waals surface area (Å²) in [5, 5.41) is 0.136. The SMILES string of the molecule is CCCCOP(OCCCC)C(C)(C)C. The van der Waals surface area contributed by atoms with Crippen LogP contribution >= 0.6 is 8.38 Å². The Hall–Kier alpha value is 0.350. The Kier molecular flexibility index (Phi) is 8.69. The summed E-state index contributed by atoms with van der Waals surface area (Å²) >= 11 is 0. The van der Waals surface area contributed by atoms with Crippen molar-refractivity contribution in [2.45, 2.75) is 65.5 Å². The Morgan fingerprint density at radius 3 is 1.53 bits per heavy atom. The van der Waals surface area contributed by atoms with Crippen molar-refractivity contribution >= 4 is 8.38 Å². The van der Waals surface area contributed by atoms with Crippen molar-refractivity contribution in [1.82, 2.24) is 0 Å². The van der Waals surface area contributed by atoms with Gasteiger partial charge < -0.3 is 9.05 Å². The molecular weight excluding hydrogens is 207 g/mol. The Balaban J connectivity index is 3.85. The van der Waals surface area contributed by atoms with Crippen molar-refractivity contribution < 1.29 is 9.05 Å². The van der Waals surface area contributed by atoms with Crippen LogP contribution in [0.5, 0.6) is 0 Å². The lowest BCUT2D eigenvalue weighted by atomic mass is 10.3. The molecule has 92 valence electrons. The summed E-state index contributed by atoms with van der Waals surface area (Å²) in [7, 11) is -0.725. The van der Waals surface area contributed by atoms with Crippen molar-refractivity contribution in [2.75, 3.05) is 13.2 Å². The predicted molar refractivity (Wildman–Crippen MR) is 68.4 cm³/mol. The normalized spacial score (nSPS) is 12.4. The van der Waals surface area contributed by atoms with Crippen LogP contribution in [-0.4, -0.2) is 18.4 Å². The topological polar surface area (TPSA) is 18.5 Å². The fourth-order valence-corrected chi connectivity index (χ4v) is 2.45. The third-order valence-corrected chi connectivity index (χ3v) is 3.89. The van der Waals surface area contributed by atoms with Gasteiger partial charge in [-0.05, 0) is 12.8 Å². The molecule has 0 saturated carbocycles. The summed E-state index contributed by atoms with van der Waals surface area (Å²) in [5.74, 6) is 0. The molecule has 0 unspecified atom stereocenters. The van der Waals surface area contributed by atoms with Gasteiger partial charge in [-0.1, -0.05) is 47.5 Å². The van der Waals surface area contributed by atoms with Crippen LogP contribution in [0.25, 0.3) is 0 Å². The minimum Gasteiger partial charge on any atom is -0.334 e. The average Bonchev–Trinajstić information content (AvgIpc) is 2.14. The molecule has 0 radical (unpaired) electrons. The molecule has 0 aliphatic heterocycles. The summed E-state index contributed by atoms with van der Waals surface area (Å²) in [4.78, 5) is 0. The van der Waals surface area contributed by atoms with E-state index in [0.717, 1.165) is 26.1 Å². The summed E-state index contributed by atoms with van der Waals surface area (Å²) in [5.41, 5.74) is 0. The van der Waals surface area contributed by atoms with Gasteiger partial charge in [0.2, 0.25) is 0 Å². The molecule has 0 aliphatic carbocycles. The van der Waals surface area contributed by atoms with Gasteiger partial charge in [-0.15, -0.1) is 0 Å². The van der Waals surface area contributed by atoms with E-state index in [1.54, 1.807) is 0 Å². The van der Waals surface area contributed by atoms with Crippen LogP contribution < -0.4 is 0 Å². The van der Waals surface area contributed by atoms with E-state index >= 15 is 0 Å². The highest BCUT2D eigenvalue weighted by Gasteiger charge is 2.27. The maximum Gasteiger partial charge on any atom is 0.176 e. The molecule has 0 heterocycles. The summed E-state index contributed by atoms with van der Waals surface area (Å²) in [6, 6.07) is 0. The fraction of sp³-hybridized carbons (Fsp3) is 1.00.